The molecule has 6 heteroatoms. The Balaban J connectivity index is 2.17. The lowest BCUT2D eigenvalue weighted by Gasteiger charge is -2.26. The molecule has 112 valence electrons. The van der Waals surface area contributed by atoms with Crippen LogP contribution in [-0.4, -0.2) is 15.9 Å². The van der Waals surface area contributed by atoms with E-state index < -0.39 is 4.92 Å². The van der Waals surface area contributed by atoms with Crippen molar-refractivity contribution < 1.29 is 4.92 Å². The molecule has 1 aromatic heterocycles. The third-order valence-electron chi connectivity index (χ3n) is 3.26. The molecule has 0 unspecified atom stereocenters. The van der Waals surface area contributed by atoms with Crippen LogP contribution in [0.2, 0.25) is 5.02 Å². The summed E-state index contributed by atoms with van der Waals surface area (Å²) in [5.41, 5.74) is 0.866. The minimum atomic E-state index is -0.440. The van der Waals surface area contributed by atoms with Gasteiger partial charge in [0.15, 0.2) is 0 Å². The van der Waals surface area contributed by atoms with Crippen LogP contribution in [0.5, 0.6) is 0 Å². The highest BCUT2D eigenvalue weighted by Gasteiger charge is 2.16. The highest BCUT2D eigenvalue weighted by atomic mass is 35.5. The van der Waals surface area contributed by atoms with E-state index in [1.165, 1.54) is 4.88 Å². The number of hydrogen-bond acceptors (Lipinski definition) is 4. The molecule has 0 N–H and O–H groups in total. The molecule has 0 spiro atoms. The van der Waals surface area contributed by atoms with E-state index in [0.29, 0.717) is 12.6 Å². The second-order valence-corrected chi connectivity index (χ2v) is 6.56. The molecule has 0 amide bonds. The summed E-state index contributed by atoms with van der Waals surface area (Å²) < 4.78 is 0. The standard InChI is InChI=1S/C15H17ClN2O2S/c1-11(2)17(10-13-4-3-7-21-13)9-12-5-6-14(16)15(8-12)18(19)20/h3-8,11H,9-10H2,1-2H3. The van der Waals surface area contributed by atoms with Gasteiger partial charge in [-0.05, 0) is 36.9 Å². The summed E-state index contributed by atoms with van der Waals surface area (Å²) in [5, 5.41) is 13.2. The van der Waals surface area contributed by atoms with Gasteiger partial charge in [0.1, 0.15) is 5.02 Å². The number of nitro benzene ring substituents is 1. The molecule has 0 aliphatic heterocycles. The minimum Gasteiger partial charge on any atom is -0.292 e. The number of hydrogen-bond donors (Lipinski definition) is 0. The quantitative estimate of drug-likeness (QED) is 0.570. The molecule has 0 bridgehead atoms. The maximum Gasteiger partial charge on any atom is 0.288 e. The summed E-state index contributed by atoms with van der Waals surface area (Å²) >= 11 is 7.57. The zero-order valence-corrected chi connectivity index (χ0v) is 13.5. The highest BCUT2D eigenvalue weighted by molar-refractivity contribution is 7.09. The number of nitro groups is 1. The number of thiophene rings is 1. The van der Waals surface area contributed by atoms with Gasteiger partial charge in [0.05, 0.1) is 4.92 Å². The number of nitrogens with zero attached hydrogens (tertiary/aromatic N) is 2. The van der Waals surface area contributed by atoms with Gasteiger partial charge in [0.25, 0.3) is 5.69 Å². The van der Waals surface area contributed by atoms with Gasteiger partial charge < -0.3 is 0 Å². The molecule has 0 saturated carbocycles. The lowest BCUT2D eigenvalue weighted by atomic mass is 10.1. The van der Waals surface area contributed by atoms with E-state index in [2.05, 4.69) is 30.2 Å². The lowest BCUT2D eigenvalue weighted by Crippen LogP contribution is -2.29. The fourth-order valence-corrected chi connectivity index (χ4v) is 2.97. The largest absolute Gasteiger partial charge is 0.292 e. The van der Waals surface area contributed by atoms with Crippen molar-refractivity contribution in [1.29, 1.82) is 0 Å². The second kappa shape index (κ2) is 7.02. The molecule has 2 rings (SSSR count). The van der Waals surface area contributed by atoms with Crippen molar-refractivity contribution in [3.05, 3.63) is 61.3 Å². The van der Waals surface area contributed by atoms with Gasteiger partial charge in [-0.1, -0.05) is 23.7 Å². The molecule has 0 atom stereocenters. The summed E-state index contributed by atoms with van der Waals surface area (Å²) in [6, 6.07) is 9.49. The first kappa shape index (κ1) is 15.9. The summed E-state index contributed by atoms with van der Waals surface area (Å²) in [7, 11) is 0. The van der Waals surface area contributed by atoms with E-state index in [4.69, 9.17) is 11.6 Å². The Morgan fingerprint density at radius 2 is 2.10 bits per heavy atom. The van der Waals surface area contributed by atoms with Gasteiger partial charge in [-0.15, -0.1) is 11.3 Å². The summed E-state index contributed by atoms with van der Waals surface area (Å²) in [6.07, 6.45) is 0. The van der Waals surface area contributed by atoms with Crippen molar-refractivity contribution in [3.8, 4) is 0 Å². The van der Waals surface area contributed by atoms with Crippen molar-refractivity contribution in [2.24, 2.45) is 0 Å². The third kappa shape index (κ3) is 4.27. The maximum atomic E-state index is 11.0. The topological polar surface area (TPSA) is 46.4 Å². The molecule has 4 nitrogen and oxygen atoms in total. The van der Waals surface area contributed by atoms with Crippen LogP contribution >= 0.6 is 22.9 Å². The van der Waals surface area contributed by atoms with Crippen LogP contribution in [0.25, 0.3) is 0 Å². The Kier molecular flexibility index (Phi) is 5.33. The van der Waals surface area contributed by atoms with E-state index in [1.54, 1.807) is 23.5 Å². The first-order valence-corrected chi connectivity index (χ1v) is 7.92. The van der Waals surface area contributed by atoms with Gasteiger partial charge in [-0.3, -0.25) is 15.0 Å². The third-order valence-corrected chi connectivity index (χ3v) is 4.44. The van der Waals surface area contributed by atoms with Crippen molar-refractivity contribution in [3.63, 3.8) is 0 Å². The molecule has 0 aliphatic rings. The zero-order chi connectivity index (χ0) is 15.4. The Bertz CT molecular complexity index is 614. The van der Waals surface area contributed by atoms with Crippen molar-refractivity contribution in [2.75, 3.05) is 0 Å². The van der Waals surface area contributed by atoms with Crippen LogP contribution < -0.4 is 0 Å². The van der Waals surface area contributed by atoms with E-state index in [9.17, 15) is 10.1 Å². The summed E-state index contributed by atoms with van der Waals surface area (Å²) in [4.78, 5) is 14.1. The highest BCUT2D eigenvalue weighted by Crippen LogP contribution is 2.26. The predicted octanol–water partition coefficient (Wildman–Crippen LogP) is 4.72. The Morgan fingerprint density at radius 3 is 2.67 bits per heavy atom. The molecular weight excluding hydrogens is 308 g/mol. The lowest BCUT2D eigenvalue weighted by molar-refractivity contribution is -0.384. The minimum absolute atomic E-state index is 0.0333. The molecule has 0 saturated heterocycles. The molecule has 0 radical (unpaired) electrons. The monoisotopic (exact) mass is 324 g/mol. The molecule has 1 aromatic carbocycles. The Morgan fingerprint density at radius 1 is 1.33 bits per heavy atom. The average Bonchev–Trinajstić information content (AvgIpc) is 2.92. The average molecular weight is 325 g/mol. The van der Waals surface area contributed by atoms with Crippen LogP contribution in [0, 0.1) is 10.1 Å². The fourth-order valence-electron chi connectivity index (χ4n) is 2.05. The van der Waals surface area contributed by atoms with Crippen LogP contribution in [0.3, 0.4) is 0 Å². The number of benzene rings is 1. The smallest absolute Gasteiger partial charge is 0.288 e. The molecular formula is C15H17ClN2O2S. The van der Waals surface area contributed by atoms with Crippen molar-refractivity contribution in [2.45, 2.75) is 33.0 Å². The Labute approximate surface area is 133 Å². The van der Waals surface area contributed by atoms with Crippen LogP contribution in [-0.2, 0) is 13.1 Å². The van der Waals surface area contributed by atoms with Gasteiger partial charge in [-0.25, -0.2) is 0 Å². The van der Waals surface area contributed by atoms with E-state index in [-0.39, 0.29) is 10.7 Å². The fraction of sp³-hybridized carbons (Fsp3) is 0.333. The van der Waals surface area contributed by atoms with E-state index in [1.807, 2.05) is 12.1 Å². The molecule has 0 fully saturated rings. The van der Waals surface area contributed by atoms with Crippen LogP contribution in [0.1, 0.15) is 24.3 Å². The molecule has 1 heterocycles. The van der Waals surface area contributed by atoms with Gasteiger partial charge in [-0.2, -0.15) is 0 Å². The number of halogens is 1. The van der Waals surface area contributed by atoms with Crippen molar-refractivity contribution >= 4 is 28.6 Å². The van der Waals surface area contributed by atoms with Gasteiger partial charge >= 0.3 is 0 Å². The zero-order valence-electron chi connectivity index (χ0n) is 12.0. The van der Waals surface area contributed by atoms with Crippen molar-refractivity contribution in [1.82, 2.24) is 4.90 Å². The first-order chi connectivity index (χ1) is 9.97. The summed E-state index contributed by atoms with van der Waals surface area (Å²) in [6.45, 7) is 5.75. The Hall–Kier alpha value is -1.43. The SMILES string of the molecule is CC(C)N(Cc1ccc(Cl)c([N+](=O)[O-])c1)Cc1cccs1. The van der Waals surface area contributed by atoms with Crippen LogP contribution in [0.4, 0.5) is 5.69 Å². The second-order valence-electron chi connectivity index (χ2n) is 5.12. The molecule has 0 aliphatic carbocycles. The van der Waals surface area contributed by atoms with Gasteiger partial charge in [0, 0.05) is 30.1 Å². The van der Waals surface area contributed by atoms with Crippen LogP contribution in [0.15, 0.2) is 35.7 Å². The molecule has 2 aromatic rings. The van der Waals surface area contributed by atoms with E-state index in [0.717, 1.165) is 12.1 Å². The number of rotatable bonds is 6. The maximum absolute atomic E-state index is 11.0. The predicted molar refractivity (Wildman–Crippen MR) is 86.8 cm³/mol. The van der Waals surface area contributed by atoms with Gasteiger partial charge in [0.2, 0.25) is 0 Å². The first-order valence-electron chi connectivity index (χ1n) is 6.66. The summed E-state index contributed by atoms with van der Waals surface area (Å²) in [5.74, 6) is 0. The van der Waals surface area contributed by atoms with E-state index >= 15 is 0 Å². The normalized spacial score (nSPS) is 11.3. The molecule has 21 heavy (non-hydrogen) atoms.